The normalized spacial score (nSPS) is 5.90. The van der Waals surface area contributed by atoms with Gasteiger partial charge < -0.3 is 32.6 Å². The monoisotopic (exact) mass is 266 g/mol. The molecule has 0 radical (unpaired) electrons. The Morgan fingerprint density at radius 3 is 1.10 bits per heavy atom. The van der Waals surface area contributed by atoms with Crippen molar-refractivity contribution in [2.45, 2.75) is 0 Å². The summed E-state index contributed by atoms with van der Waals surface area (Å²) in [5.41, 5.74) is 0. The van der Waals surface area contributed by atoms with E-state index in [1.165, 1.54) is 0 Å². The minimum atomic E-state index is -4.89. The van der Waals surface area contributed by atoms with Gasteiger partial charge in [-0.1, -0.05) is 0 Å². The van der Waals surface area contributed by atoms with E-state index in [2.05, 4.69) is 0 Å². The van der Waals surface area contributed by atoms with Crippen LogP contribution in [0.3, 0.4) is 0 Å². The number of hydrogen-bond acceptors (Lipinski definition) is 3. The van der Waals surface area contributed by atoms with Gasteiger partial charge in [0.05, 0.1) is 0 Å². The Kier molecular flexibility index (Phi) is 71.6. The third-order valence-corrected chi connectivity index (χ3v) is 0. The third-order valence-electron chi connectivity index (χ3n) is 0. The fourth-order valence-electron chi connectivity index (χ4n) is 0. The van der Waals surface area contributed by atoms with E-state index in [0.29, 0.717) is 0 Å². The molecule has 48 valence electrons. The fraction of sp³-hybridized carbons (Fsp3) is 0. The zero-order chi connectivity index (χ0) is 4.50. The first kappa shape index (κ1) is 36.2. The van der Waals surface area contributed by atoms with Crippen molar-refractivity contribution in [3.63, 3.8) is 0 Å². The van der Waals surface area contributed by atoms with Crippen LogP contribution < -0.4 is 171 Å². The second kappa shape index (κ2) is 19.8. The summed E-state index contributed by atoms with van der Waals surface area (Å²) in [7, 11) is -4.89. The second-order valence-electron chi connectivity index (χ2n) is 0.491. The summed E-state index contributed by atoms with van der Waals surface area (Å²) in [5, 5.41) is 0. The van der Waals surface area contributed by atoms with Gasteiger partial charge in [-0.15, -0.1) is 0 Å². The van der Waals surface area contributed by atoms with Crippen molar-refractivity contribution in [3.8, 4) is 0 Å². The summed E-state index contributed by atoms with van der Waals surface area (Å²) in [6.07, 6.45) is 0. The molecule has 0 saturated carbocycles. The maximum absolute atomic E-state index is 8.77. The average molecular weight is 267 g/mol. The van der Waals surface area contributed by atoms with Gasteiger partial charge in [0.1, 0.15) is 0 Å². The van der Waals surface area contributed by atoms with E-state index >= 15 is 0 Å². The van der Waals surface area contributed by atoms with Crippen LogP contribution in [-0.4, -0.2) is 15.3 Å². The van der Waals surface area contributed by atoms with E-state index in [9.17, 15) is 0 Å². The first-order valence-corrected chi connectivity index (χ1v) is 2.30. The molecular weight excluding hydrogens is 264 g/mol. The van der Waals surface area contributed by atoms with Gasteiger partial charge in [-0.25, -0.2) is 0 Å². The molecule has 3 N–H and O–H groups in total. The van der Waals surface area contributed by atoms with Gasteiger partial charge in [0, 0.05) is 0 Å². The predicted molar refractivity (Wildman–Crippen MR) is 14.0 cm³/mol. The van der Waals surface area contributed by atoms with Crippen LogP contribution in [0.5, 0.6) is 0 Å². The molecule has 0 saturated heterocycles. The standard InChI is InChI=1S/ClH.3K.H3O4P.H2O/c;;;;1-5(2,3)4;/h1H;;;;(H3,1,2,3,4);1H2/q;3*+1;;/p-3. The zero-order valence-corrected chi connectivity index (χ0v) is 17.0. The Bertz CT molecular complexity index is 63.0. The van der Waals surface area contributed by atoms with E-state index in [4.69, 9.17) is 19.2 Å². The summed E-state index contributed by atoms with van der Waals surface area (Å²) in [4.78, 5) is 22.9. The molecule has 0 spiro atoms. The van der Waals surface area contributed by atoms with Gasteiger partial charge in [-0.05, 0) is 0 Å². The molecule has 0 aliphatic carbocycles. The fourth-order valence-corrected chi connectivity index (χ4v) is 0. The first-order chi connectivity index (χ1) is 2.00. The number of rotatable bonds is 0. The van der Waals surface area contributed by atoms with Gasteiger partial charge >= 0.3 is 154 Å². The second-order valence-corrected chi connectivity index (χ2v) is 1.47. The Morgan fingerprint density at radius 2 is 1.10 bits per heavy atom. The van der Waals surface area contributed by atoms with Crippen molar-refractivity contribution in [2.24, 2.45) is 0 Å². The molecule has 0 bridgehead atoms. The van der Waals surface area contributed by atoms with Crippen molar-refractivity contribution in [2.75, 3.05) is 0 Å². The van der Waals surface area contributed by atoms with E-state index in [-0.39, 0.29) is 172 Å². The van der Waals surface area contributed by atoms with Crippen LogP contribution >= 0.6 is 7.82 Å². The summed E-state index contributed by atoms with van der Waals surface area (Å²) in [6.45, 7) is 0. The number of hydrogen-bond donors (Lipinski definition) is 2. The van der Waals surface area contributed by atoms with E-state index in [0.717, 1.165) is 0 Å². The molecule has 0 aromatic carbocycles. The van der Waals surface area contributed by atoms with Crippen LogP contribution in [0.1, 0.15) is 0 Å². The van der Waals surface area contributed by atoms with Gasteiger partial charge in [-0.2, -0.15) is 0 Å². The van der Waals surface area contributed by atoms with Crippen molar-refractivity contribution < 1.29 is 191 Å². The van der Waals surface area contributed by atoms with Crippen LogP contribution in [0.4, 0.5) is 0 Å². The molecule has 0 aromatic rings. The Morgan fingerprint density at radius 1 is 1.10 bits per heavy atom. The van der Waals surface area contributed by atoms with Gasteiger partial charge in [0.2, 0.25) is 0 Å². The average Bonchev–Trinajstić information content (AvgIpc) is 0.722. The maximum atomic E-state index is 8.77. The minimum absolute atomic E-state index is 0. The molecule has 0 amide bonds. The van der Waals surface area contributed by atoms with E-state index in [1.807, 2.05) is 0 Å². The minimum Gasteiger partial charge on any atom is -1.00 e. The molecule has 0 aliphatic heterocycles. The third kappa shape index (κ3) is 71.9. The molecule has 5 nitrogen and oxygen atoms in total. The summed E-state index contributed by atoms with van der Waals surface area (Å²) in [5.74, 6) is 0. The van der Waals surface area contributed by atoms with Crippen LogP contribution in [0.2, 0.25) is 0 Å². The summed E-state index contributed by atoms with van der Waals surface area (Å²) in [6, 6.07) is 0. The van der Waals surface area contributed by atoms with Gasteiger partial charge in [0.15, 0.2) is 0 Å². The molecule has 0 atom stereocenters. The molecule has 0 unspecified atom stereocenters. The number of phosphoric acid groups is 1. The first-order valence-electron chi connectivity index (χ1n) is 0.765. The largest absolute Gasteiger partial charge is 1.00 e. The Balaban J connectivity index is -0.00000000800. The van der Waals surface area contributed by atoms with Crippen LogP contribution in [0, 0.1) is 0 Å². The van der Waals surface area contributed by atoms with Crippen molar-refractivity contribution in [3.05, 3.63) is 0 Å². The molecule has 0 heterocycles. The number of halogens is 1. The topological polar surface area (TPSA) is 111 Å². The molecule has 10 heavy (non-hydrogen) atoms. The molecule has 0 aliphatic rings. The van der Waals surface area contributed by atoms with Crippen LogP contribution in [0.15, 0.2) is 0 Å². The van der Waals surface area contributed by atoms with Crippen molar-refractivity contribution >= 4 is 7.82 Å². The van der Waals surface area contributed by atoms with Crippen molar-refractivity contribution in [1.29, 1.82) is 0 Å². The molecule has 0 aromatic heterocycles. The predicted octanol–water partition coefficient (Wildman–Crippen LogP) is -13.7. The van der Waals surface area contributed by atoms with Crippen LogP contribution in [-0.2, 0) is 4.57 Å². The van der Waals surface area contributed by atoms with E-state index < -0.39 is 7.82 Å². The molecule has 0 fully saturated rings. The van der Waals surface area contributed by atoms with Crippen molar-refractivity contribution in [1.82, 2.24) is 0 Å². The summed E-state index contributed by atoms with van der Waals surface area (Å²) < 4.78 is 8.77. The SMILES string of the molecule is O=P([O-])(O)O.[Cl-].[K+].[K+].[K+].[OH-]. The zero-order valence-electron chi connectivity index (χ0n) is 5.98. The Hall–Kier alpha value is 5.27. The smallest absolute Gasteiger partial charge is 1.00 e. The molecule has 10 heteroatoms. The molecular formula is H3ClK3O5P. The van der Waals surface area contributed by atoms with E-state index in [1.54, 1.807) is 0 Å². The maximum Gasteiger partial charge on any atom is 1.00 e. The Labute approximate surface area is 193 Å². The molecule has 0 rings (SSSR count). The van der Waals surface area contributed by atoms with Crippen LogP contribution in [0.25, 0.3) is 0 Å². The summed E-state index contributed by atoms with van der Waals surface area (Å²) >= 11 is 0. The van der Waals surface area contributed by atoms with Gasteiger partial charge in [-0.3, -0.25) is 4.57 Å². The quantitative estimate of drug-likeness (QED) is 0.334. The van der Waals surface area contributed by atoms with Gasteiger partial charge in [0.25, 0.3) is 7.82 Å².